The van der Waals surface area contributed by atoms with Gasteiger partial charge < -0.3 is 0 Å². The average Bonchev–Trinajstić information content (AvgIpc) is 2.71. The van der Waals surface area contributed by atoms with E-state index in [1.165, 1.54) is 36.4 Å². The Labute approximate surface area is 166 Å². The Kier molecular flexibility index (Phi) is 7.49. The summed E-state index contributed by atoms with van der Waals surface area (Å²) in [6.45, 7) is 0. The zero-order chi connectivity index (χ0) is 19.8. The summed E-state index contributed by atoms with van der Waals surface area (Å²) in [5.74, 6) is -0.620. The third-order valence-corrected chi connectivity index (χ3v) is 7.91. The summed E-state index contributed by atoms with van der Waals surface area (Å²) in [6.07, 6.45) is 2.84. The molecule has 0 amide bonds. The van der Waals surface area contributed by atoms with Crippen LogP contribution in [-0.4, -0.2) is 8.80 Å². The molecule has 0 spiro atoms. The van der Waals surface area contributed by atoms with E-state index in [4.69, 9.17) is 0 Å². The molecular weight excluding hydrogens is 373 g/mol. The van der Waals surface area contributed by atoms with Crippen molar-refractivity contribution in [3.05, 3.63) is 107 Å². The molecule has 3 aromatic rings. The fourth-order valence-corrected chi connectivity index (χ4v) is 5.97. The van der Waals surface area contributed by atoms with E-state index < -0.39 is 8.80 Å². The van der Waals surface area contributed by atoms with Gasteiger partial charge in [0.05, 0.1) is 0 Å². The second kappa shape index (κ2) is 10.3. The smallest absolute Gasteiger partial charge is 0.123 e. The molecular formula is C24H24F3Si. The van der Waals surface area contributed by atoms with Crippen LogP contribution < -0.4 is 0 Å². The molecule has 0 N–H and O–H groups in total. The highest BCUT2D eigenvalue weighted by Gasteiger charge is 2.13. The van der Waals surface area contributed by atoms with Gasteiger partial charge in [0.2, 0.25) is 0 Å². The quantitative estimate of drug-likeness (QED) is 0.356. The van der Waals surface area contributed by atoms with Gasteiger partial charge in [-0.2, -0.15) is 0 Å². The fraction of sp³-hybridized carbons (Fsp3) is 0.250. The molecule has 0 aliphatic rings. The molecule has 3 aromatic carbocycles. The molecule has 0 bridgehead atoms. The maximum absolute atomic E-state index is 13.1. The lowest BCUT2D eigenvalue weighted by molar-refractivity contribution is 0.626. The second-order valence-corrected chi connectivity index (χ2v) is 10.1. The molecule has 0 unspecified atom stereocenters. The number of hydrogen-bond acceptors (Lipinski definition) is 0. The topological polar surface area (TPSA) is 0 Å². The van der Waals surface area contributed by atoms with E-state index in [1.54, 1.807) is 0 Å². The van der Waals surface area contributed by atoms with Crippen LogP contribution in [0.25, 0.3) is 0 Å². The van der Waals surface area contributed by atoms with Crippen LogP contribution in [0.1, 0.15) is 16.7 Å². The maximum Gasteiger partial charge on any atom is 0.123 e. The van der Waals surface area contributed by atoms with Crippen molar-refractivity contribution in [1.82, 2.24) is 0 Å². The molecule has 3 rings (SSSR count). The van der Waals surface area contributed by atoms with Crippen LogP contribution in [0.3, 0.4) is 0 Å². The van der Waals surface area contributed by atoms with Gasteiger partial charge in [0.1, 0.15) is 17.5 Å². The van der Waals surface area contributed by atoms with E-state index in [9.17, 15) is 13.2 Å². The highest BCUT2D eigenvalue weighted by atomic mass is 28.3. The molecule has 0 saturated carbocycles. The monoisotopic (exact) mass is 397 g/mol. The molecule has 0 nitrogen and oxygen atoms in total. The Bertz CT molecular complexity index is 725. The van der Waals surface area contributed by atoms with E-state index in [0.29, 0.717) is 0 Å². The molecule has 145 valence electrons. The lowest BCUT2D eigenvalue weighted by Gasteiger charge is -2.16. The first-order valence-corrected chi connectivity index (χ1v) is 11.8. The predicted octanol–water partition coefficient (Wildman–Crippen LogP) is 6.63. The summed E-state index contributed by atoms with van der Waals surface area (Å²) in [5.41, 5.74) is 3.48. The zero-order valence-corrected chi connectivity index (χ0v) is 16.8. The summed E-state index contributed by atoms with van der Waals surface area (Å²) in [5, 5.41) is 0. The van der Waals surface area contributed by atoms with Crippen LogP contribution in [0.5, 0.6) is 0 Å². The molecule has 0 atom stereocenters. The van der Waals surface area contributed by atoms with E-state index in [-0.39, 0.29) is 17.5 Å². The van der Waals surface area contributed by atoms with Gasteiger partial charge in [0.25, 0.3) is 0 Å². The molecule has 0 aliphatic heterocycles. The van der Waals surface area contributed by atoms with Gasteiger partial charge in [-0.1, -0.05) is 54.5 Å². The number of benzene rings is 3. The number of rotatable bonds is 9. The minimum absolute atomic E-state index is 0.207. The van der Waals surface area contributed by atoms with Gasteiger partial charge in [-0.3, -0.25) is 0 Å². The van der Waals surface area contributed by atoms with Gasteiger partial charge in [0, 0.05) is 8.80 Å². The second-order valence-electron chi connectivity index (χ2n) is 7.13. The first-order chi connectivity index (χ1) is 13.6. The lowest BCUT2D eigenvalue weighted by atomic mass is 10.2. The lowest BCUT2D eigenvalue weighted by Crippen LogP contribution is -2.15. The van der Waals surface area contributed by atoms with Crippen LogP contribution >= 0.6 is 0 Å². The van der Waals surface area contributed by atoms with Gasteiger partial charge in [-0.25, -0.2) is 13.2 Å². The molecule has 28 heavy (non-hydrogen) atoms. The van der Waals surface area contributed by atoms with Crippen molar-refractivity contribution in [2.45, 2.75) is 37.4 Å². The molecule has 0 heterocycles. The third kappa shape index (κ3) is 6.68. The van der Waals surface area contributed by atoms with E-state index in [1.807, 2.05) is 36.4 Å². The Morgan fingerprint density at radius 1 is 0.429 bits per heavy atom. The predicted molar refractivity (Wildman–Crippen MR) is 110 cm³/mol. The summed E-state index contributed by atoms with van der Waals surface area (Å²) >= 11 is 0. The maximum atomic E-state index is 13.1. The Balaban J connectivity index is 1.58. The SMILES string of the molecule is Fc1ccc(CC[Si](CCc2ccc(F)cc2)CCc2ccc(F)cc2)cc1. The van der Waals surface area contributed by atoms with Crippen molar-refractivity contribution in [3.8, 4) is 0 Å². The van der Waals surface area contributed by atoms with Gasteiger partial charge in [-0.15, -0.1) is 0 Å². The van der Waals surface area contributed by atoms with Crippen LogP contribution in [0.2, 0.25) is 18.1 Å². The van der Waals surface area contributed by atoms with E-state index in [2.05, 4.69) is 0 Å². The van der Waals surface area contributed by atoms with Crippen molar-refractivity contribution < 1.29 is 13.2 Å². The molecule has 0 aliphatic carbocycles. The van der Waals surface area contributed by atoms with E-state index in [0.717, 1.165) is 54.1 Å². The van der Waals surface area contributed by atoms with Gasteiger partial charge in [0.15, 0.2) is 0 Å². The number of hydrogen-bond donors (Lipinski definition) is 0. The Hall–Kier alpha value is -2.33. The van der Waals surface area contributed by atoms with E-state index >= 15 is 0 Å². The minimum atomic E-state index is -0.649. The molecule has 4 heteroatoms. The normalized spacial score (nSPS) is 11.1. The van der Waals surface area contributed by atoms with Crippen molar-refractivity contribution in [2.75, 3.05) is 0 Å². The van der Waals surface area contributed by atoms with Crippen LogP contribution in [-0.2, 0) is 19.3 Å². The zero-order valence-electron chi connectivity index (χ0n) is 15.8. The summed E-state index contributed by atoms with van der Waals surface area (Å²) < 4.78 is 39.3. The molecule has 0 fully saturated rings. The number of halogens is 3. The highest BCUT2D eigenvalue weighted by Crippen LogP contribution is 2.18. The van der Waals surface area contributed by atoms with Gasteiger partial charge >= 0.3 is 0 Å². The molecule has 0 aromatic heterocycles. The average molecular weight is 398 g/mol. The Morgan fingerprint density at radius 3 is 0.929 bits per heavy atom. The van der Waals surface area contributed by atoms with Crippen molar-refractivity contribution in [1.29, 1.82) is 0 Å². The van der Waals surface area contributed by atoms with Crippen LogP contribution in [0, 0.1) is 17.5 Å². The van der Waals surface area contributed by atoms with Crippen molar-refractivity contribution >= 4 is 8.80 Å². The summed E-state index contributed by atoms with van der Waals surface area (Å²) in [6, 6.07) is 23.5. The first-order valence-electron chi connectivity index (χ1n) is 9.65. The molecule has 1 radical (unpaired) electrons. The number of aryl methyl sites for hydroxylation is 3. The van der Waals surface area contributed by atoms with Crippen LogP contribution in [0.4, 0.5) is 13.2 Å². The third-order valence-electron chi connectivity index (χ3n) is 5.04. The summed E-state index contributed by atoms with van der Waals surface area (Å²) in [7, 11) is -0.649. The Morgan fingerprint density at radius 2 is 0.679 bits per heavy atom. The molecule has 0 saturated heterocycles. The summed E-state index contributed by atoms with van der Waals surface area (Å²) in [4.78, 5) is 0. The minimum Gasteiger partial charge on any atom is -0.207 e. The van der Waals surface area contributed by atoms with Gasteiger partial charge in [-0.05, 0) is 72.4 Å². The van der Waals surface area contributed by atoms with Crippen molar-refractivity contribution in [3.63, 3.8) is 0 Å². The largest absolute Gasteiger partial charge is 0.207 e. The highest BCUT2D eigenvalue weighted by molar-refractivity contribution is 6.58. The standard InChI is InChI=1S/C24H24F3Si/c25-22-7-1-19(2-8-22)13-16-28(17-14-20-3-9-23(26)10-4-20)18-15-21-5-11-24(27)12-6-21/h1-12H,13-18H2. The van der Waals surface area contributed by atoms with Crippen LogP contribution in [0.15, 0.2) is 72.8 Å². The fourth-order valence-electron chi connectivity index (χ4n) is 3.29. The van der Waals surface area contributed by atoms with Crippen molar-refractivity contribution in [2.24, 2.45) is 0 Å². The first kappa shape index (κ1) is 20.4.